The molecule has 4 amide bonds. The van der Waals surface area contributed by atoms with Gasteiger partial charge in [0.25, 0.3) is 5.91 Å². The third-order valence-corrected chi connectivity index (χ3v) is 6.79. The van der Waals surface area contributed by atoms with Crippen LogP contribution in [0.3, 0.4) is 0 Å². The first kappa shape index (κ1) is 23.1. The predicted octanol–water partition coefficient (Wildman–Crippen LogP) is 1.93. The number of halogens is 1. The predicted molar refractivity (Wildman–Crippen MR) is 120 cm³/mol. The Morgan fingerprint density at radius 3 is 2.55 bits per heavy atom. The van der Waals surface area contributed by atoms with Crippen molar-refractivity contribution in [1.29, 1.82) is 0 Å². The molecule has 1 fully saturated rings. The lowest BCUT2D eigenvalue weighted by atomic mass is 9.95. The number of rotatable bonds is 5. The first-order chi connectivity index (χ1) is 15.8. The van der Waals surface area contributed by atoms with Crippen LogP contribution in [0.2, 0.25) is 5.02 Å². The van der Waals surface area contributed by atoms with Gasteiger partial charge in [0.15, 0.2) is 0 Å². The van der Waals surface area contributed by atoms with Gasteiger partial charge >= 0.3 is 12.0 Å². The Bertz CT molecular complexity index is 1020. The number of esters is 1. The topological polar surface area (TPSA) is 99.3 Å². The van der Waals surface area contributed by atoms with E-state index >= 15 is 0 Å². The van der Waals surface area contributed by atoms with E-state index < -0.39 is 6.04 Å². The molecule has 0 aliphatic carbocycles. The van der Waals surface area contributed by atoms with Gasteiger partial charge in [-0.2, -0.15) is 0 Å². The maximum absolute atomic E-state index is 13.3. The SMILES string of the molecule is CCOC(=O)C1CCN(C(=O)CN2CC3=C(C2=O)C(c2ccccc2Cl)NC(=O)N3C)CC1. The minimum absolute atomic E-state index is 0.0901. The molecule has 0 saturated carbocycles. The second-order valence-corrected chi connectivity index (χ2v) is 8.80. The largest absolute Gasteiger partial charge is 0.466 e. The van der Waals surface area contributed by atoms with Crippen LogP contribution >= 0.6 is 11.6 Å². The highest BCUT2D eigenvalue weighted by atomic mass is 35.5. The number of likely N-dealkylation sites (N-methyl/N-ethyl adjacent to an activating group) is 1. The third-order valence-electron chi connectivity index (χ3n) is 6.45. The first-order valence-electron chi connectivity index (χ1n) is 11.1. The van der Waals surface area contributed by atoms with E-state index in [0.29, 0.717) is 54.4 Å². The Morgan fingerprint density at radius 1 is 1.18 bits per heavy atom. The Kier molecular flexibility index (Phi) is 6.60. The van der Waals surface area contributed by atoms with Crippen LogP contribution in [0.5, 0.6) is 0 Å². The van der Waals surface area contributed by atoms with Crippen LogP contribution < -0.4 is 5.32 Å². The lowest BCUT2D eigenvalue weighted by molar-refractivity contribution is -0.151. The van der Waals surface area contributed by atoms with E-state index in [1.165, 1.54) is 9.80 Å². The van der Waals surface area contributed by atoms with E-state index in [9.17, 15) is 19.2 Å². The number of piperidine rings is 1. The molecule has 0 radical (unpaired) electrons. The van der Waals surface area contributed by atoms with E-state index in [0.717, 1.165) is 0 Å². The normalized spacial score (nSPS) is 21.3. The van der Waals surface area contributed by atoms with Crippen LogP contribution in [0.15, 0.2) is 35.5 Å². The Morgan fingerprint density at radius 2 is 1.88 bits per heavy atom. The van der Waals surface area contributed by atoms with Crippen molar-refractivity contribution in [3.8, 4) is 0 Å². The van der Waals surface area contributed by atoms with Crippen molar-refractivity contribution in [1.82, 2.24) is 20.0 Å². The lowest BCUT2D eigenvalue weighted by Crippen LogP contribution is -2.46. The van der Waals surface area contributed by atoms with Gasteiger partial charge in [-0.05, 0) is 31.4 Å². The molecule has 3 aliphatic rings. The number of ether oxygens (including phenoxy) is 1. The minimum atomic E-state index is -0.676. The van der Waals surface area contributed by atoms with Gasteiger partial charge in [-0.3, -0.25) is 19.3 Å². The maximum Gasteiger partial charge on any atom is 0.322 e. The fraction of sp³-hybridized carbons (Fsp3) is 0.478. The molecule has 1 aromatic rings. The quantitative estimate of drug-likeness (QED) is 0.657. The van der Waals surface area contributed by atoms with Gasteiger partial charge in [0.1, 0.15) is 6.54 Å². The molecule has 1 N–H and O–H groups in total. The van der Waals surface area contributed by atoms with Crippen LogP contribution in [0.25, 0.3) is 0 Å². The van der Waals surface area contributed by atoms with Gasteiger partial charge in [-0.1, -0.05) is 29.8 Å². The molecule has 3 heterocycles. The van der Waals surface area contributed by atoms with Crippen molar-refractivity contribution < 1.29 is 23.9 Å². The molecular weight excluding hydrogens is 448 g/mol. The summed E-state index contributed by atoms with van der Waals surface area (Å²) in [4.78, 5) is 55.3. The fourth-order valence-corrected chi connectivity index (χ4v) is 4.83. The molecule has 0 aromatic heterocycles. The number of carbonyl (C=O) groups is 4. The van der Waals surface area contributed by atoms with Crippen molar-refractivity contribution in [2.45, 2.75) is 25.8 Å². The van der Waals surface area contributed by atoms with Crippen LogP contribution in [-0.2, 0) is 19.1 Å². The van der Waals surface area contributed by atoms with Crippen LogP contribution in [0.4, 0.5) is 4.79 Å². The highest BCUT2D eigenvalue weighted by molar-refractivity contribution is 6.31. The molecule has 33 heavy (non-hydrogen) atoms. The van der Waals surface area contributed by atoms with Gasteiger partial charge in [0.05, 0.1) is 36.4 Å². The number of hydrogen-bond acceptors (Lipinski definition) is 5. The van der Waals surface area contributed by atoms with Crippen molar-refractivity contribution in [3.63, 3.8) is 0 Å². The molecule has 1 unspecified atom stereocenters. The first-order valence-corrected chi connectivity index (χ1v) is 11.4. The smallest absolute Gasteiger partial charge is 0.322 e. The monoisotopic (exact) mass is 474 g/mol. The number of hydrogen-bond donors (Lipinski definition) is 1. The zero-order valence-electron chi connectivity index (χ0n) is 18.7. The number of amides is 4. The standard InChI is InChI=1S/C23H27ClN4O5/c1-3-33-22(31)14-8-10-27(11-9-14)18(29)13-28-12-17-19(21(28)30)20(25-23(32)26(17)2)15-6-4-5-7-16(15)24/h4-7,14,20H,3,8-13H2,1-2H3,(H,25,32). The number of benzene rings is 1. The van der Waals surface area contributed by atoms with E-state index in [1.807, 2.05) is 0 Å². The van der Waals surface area contributed by atoms with Crippen molar-refractivity contribution >= 4 is 35.4 Å². The summed E-state index contributed by atoms with van der Waals surface area (Å²) < 4.78 is 5.08. The van der Waals surface area contributed by atoms with Crippen LogP contribution in [-0.4, -0.2) is 78.3 Å². The highest BCUT2D eigenvalue weighted by Crippen LogP contribution is 2.38. The molecule has 1 saturated heterocycles. The van der Waals surface area contributed by atoms with Crippen molar-refractivity contribution in [2.75, 3.05) is 39.8 Å². The Labute approximate surface area is 197 Å². The van der Waals surface area contributed by atoms with Gasteiger partial charge in [-0.15, -0.1) is 0 Å². The molecule has 10 heteroatoms. The zero-order chi connectivity index (χ0) is 23.7. The lowest BCUT2D eigenvalue weighted by Gasteiger charge is -2.32. The summed E-state index contributed by atoms with van der Waals surface area (Å²) in [6, 6.07) is 6.06. The molecule has 1 aromatic carbocycles. The van der Waals surface area contributed by atoms with E-state index in [-0.39, 0.29) is 42.8 Å². The number of carbonyl (C=O) groups excluding carboxylic acids is 4. The third kappa shape index (κ3) is 4.42. The molecule has 3 aliphatic heterocycles. The zero-order valence-corrected chi connectivity index (χ0v) is 19.4. The van der Waals surface area contributed by atoms with E-state index in [2.05, 4.69) is 5.32 Å². The number of nitrogens with zero attached hydrogens (tertiary/aromatic N) is 3. The number of likely N-dealkylation sites (tertiary alicyclic amines) is 1. The minimum Gasteiger partial charge on any atom is -0.466 e. The molecule has 0 spiro atoms. The van der Waals surface area contributed by atoms with E-state index in [4.69, 9.17) is 16.3 Å². The van der Waals surface area contributed by atoms with Crippen molar-refractivity contribution in [2.24, 2.45) is 5.92 Å². The summed E-state index contributed by atoms with van der Waals surface area (Å²) in [7, 11) is 1.60. The highest BCUT2D eigenvalue weighted by Gasteiger charge is 2.44. The number of nitrogens with one attached hydrogen (secondary N) is 1. The van der Waals surface area contributed by atoms with E-state index in [1.54, 1.807) is 43.1 Å². The van der Waals surface area contributed by atoms with Gasteiger partial charge in [0.2, 0.25) is 5.91 Å². The molecule has 4 rings (SSSR count). The maximum atomic E-state index is 13.3. The average molecular weight is 475 g/mol. The molecule has 0 bridgehead atoms. The fourth-order valence-electron chi connectivity index (χ4n) is 4.58. The Hall–Kier alpha value is -3.07. The summed E-state index contributed by atoms with van der Waals surface area (Å²) >= 11 is 6.35. The summed E-state index contributed by atoms with van der Waals surface area (Å²) in [6.07, 6.45) is 1.09. The number of urea groups is 1. The average Bonchev–Trinajstić information content (AvgIpc) is 3.13. The van der Waals surface area contributed by atoms with Gasteiger partial charge in [0, 0.05) is 25.2 Å². The molecule has 176 valence electrons. The van der Waals surface area contributed by atoms with Crippen molar-refractivity contribution in [3.05, 3.63) is 46.1 Å². The van der Waals surface area contributed by atoms with Crippen LogP contribution in [0, 0.1) is 5.92 Å². The second kappa shape index (κ2) is 9.43. The second-order valence-electron chi connectivity index (χ2n) is 8.39. The van der Waals surface area contributed by atoms with Gasteiger partial charge in [-0.25, -0.2) is 4.79 Å². The summed E-state index contributed by atoms with van der Waals surface area (Å²) in [6.45, 7) is 3.08. The van der Waals surface area contributed by atoms with Crippen LogP contribution in [0.1, 0.15) is 31.4 Å². The molecular formula is C23H27ClN4O5. The van der Waals surface area contributed by atoms with Gasteiger partial charge < -0.3 is 19.9 Å². The Balaban J connectivity index is 1.45. The summed E-state index contributed by atoms with van der Waals surface area (Å²) in [5, 5.41) is 3.30. The molecule has 1 atom stereocenters. The summed E-state index contributed by atoms with van der Waals surface area (Å²) in [5.41, 5.74) is 1.64. The summed E-state index contributed by atoms with van der Waals surface area (Å²) in [5.74, 6) is -0.890. The molecule has 9 nitrogen and oxygen atoms in total.